The summed E-state index contributed by atoms with van der Waals surface area (Å²) in [5.41, 5.74) is 5.33. The highest BCUT2D eigenvalue weighted by atomic mass is 19.4. The molecule has 2 saturated heterocycles. The number of nitrogens with zero attached hydrogens (tertiary/aromatic N) is 3. The average molecular weight is 521 g/mol. The lowest BCUT2D eigenvalue weighted by Crippen LogP contribution is -2.42. The Morgan fingerprint density at radius 2 is 1.68 bits per heavy atom. The number of allylic oxidation sites excluding steroid dienone is 6. The first-order valence-corrected chi connectivity index (χ1v) is 11.5. The van der Waals surface area contributed by atoms with Crippen molar-refractivity contribution < 1.29 is 31.5 Å². The zero-order valence-electron chi connectivity index (χ0n) is 19.6. The molecule has 2 aliphatic heterocycles. The van der Waals surface area contributed by atoms with Crippen LogP contribution in [0.15, 0.2) is 70.7 Å². The van der Waals surface area contributed by atoms with Gasteiger partial charge < -0.3 is 20.9 Å². The molecule has 196 valence electrons. The number of piperidine rings is 1. The monoisotopic (exact) mass is 521 g/mol. The van der Waals surface area contributed by atoms with Crippen LogP contribution in [0, 0.1) is 11.3 Å². The van der Waals surface area contributed by atoms with E-state index in [1.54, 1.807) is 12.1 Å². The van der Waals surface area contributed by atoms with Crippen LogP contribution in [0.2, 0.25) is 0 Å². The van der Waals surface area contributed by atoms with Gasteiger partial charge in [-0.3, -0.25) is 14.6 Å². The summed E-state index contributed by atoms with van der Waals surface area (Å²) >= 11 is 0. The number of carbonyl (C=O) groups excluding carboxylic acids is 2. The highest BCUT2D eigenvalue weighted by Crippen LogP contribution is 2.41. The summed E-state index contributed by atoms with van der Waals surface area (Å²) in [5, 5.41) is 8.23. The Bertz CT molecular complexity index is 1240. The number of rotatable bonds is 3. The lowest BCUT2D eigenvalue weighted by Gasteiger charge is -2.33. The minimum atomic E-state index is -5.01. The molecule has 12 heteroatoms. The van der Waals surface area contributed by atoms with Crippen LogP contribution in [0.25, 0.3) is 0 Å². The number of carbonyl (C=O) groups is 2. The van der Waals surface area contributed by atoms with Crippen molar-refractivity contribution in [2.75, 3.05) is 26.2 Å². The molecular formula is C25H24F5N5O2. The van der Waals surface area contributed by atoms with E-state index in [0.29, 0.717) is 11.6 Å². The maximum Gasteiger partial charge on any atom is 0.415 e. The average Bonchev–Trinajstić information content (AvgIpc) is 3.20. The van der Waals surface area contributed by atoms with Gasteiger partial charge in [0.1, 0.15) is 5.70 Å². The largest absolute Gasteiger partial charge is 0.415 e. The second-order valence-electron chi connectivity index (χ2n) is 9.06. The van der Waals surface area contributed by atoms with Gasteiger partial charge in [0.15, 0.2) is 11.7 Å². The SMILES string of the molecule is N=C1CN(C(=O)c2ccncc2)CC1=C(N)C(=O)N1CCC(C2=CC=C(F)C(F)=C(C(F)(F)F)C2)CC1. The van der Waals surface area contributed by atoms with E-state index < -0.39 is 41.6 Å². The van der Waals surface area contributed by atoms with Crippen LogP contribution >= 0.6 is 0 Å². The number of likely N-dealkylation sites (tertiary alicyclic amines) is 2. The zero-order chi connectivity index (χ0) is 26.9. The van der Waals surface area contributed by atoms with E-state index in [4.69, 9.17) is 11.1 Å². The van der Waals surface area contributed by atoms with E-state index in [0.717, 1.165) is 0 Å². The normalized spacial score (nSPS) is 21.1. The van der Waals surface area contributed by atoms with Crippen LogP contribution in [-0.2, 0) is 4.79 Å². The molecule has 3 aliphatic rings. The van der Waals surface area contributed by atoms with Gasteiger partial charge in [0, 0.05) is 43.0 Å². The van der Waals surface area contributed by atoms with Crippen molar-refractivity contribution in [3.63, 3.8) is 0 Å². The molecule has 0 bridgehead atoms. The van der Waals surface area contributed by atoms with Gasteiger partial charge in [-0.15, -0.1) is 0 Å². The molecule has 0 unspecified atom stereocenters. The molecule has 7 nitrogen and oxygen atoms in total. The lowest BCUT2D eigenvalue weighted by molar-refractivity contribution is -0.128. The molecule has 1 aliphatic carbocycles. The minimum absolute atomic E-state index is 0.00305. The molecule has 3 heterocycles. The molecule has 2 amide bonds. The Morgan fingerprint density at radius 3 is 2.30 bits per heavy atom. The third-order valence-electron chi connectivity index (χ3n) is 6.78. The van der Waals surface area contributed by atoms with Gasteiger partial charge in [-0.2, -0.15) is 13.2 Å². The van der Waals surface area contributed by atoms with Crippen LogP contribution in [0.3, 0.4) is 0 Å². The highest BCUT2D eigenvalue weighted by molar-refractivity contribution is 6.11. The first-order chi connectivity index (χ1) is 17.5. The van der Waals surface area contributed by atoms with E-state index in [2.05, 4.69) is 4.98 Å². The van der Waals surface area contributed by atoms with Gasteiger partial charge in [0.2, 0.25) is 0 Å². The van der Waals surface area contributed by atoms with Crippen LogP contribution in [0.5, 0.6) is 0 Å². The summed E-state index contributed by atoms with van der Waals surface area (Å²) in [6.45, 7) is 0.330. The van der Waals surface area contributed by atoms with Gasteiger partial charge >= 0.3 is 6.18 Å². The maximum atomic E-state index is 13.9. The number of aromatic nitrogens is 1. The number of nitrogens with two attached hydrogens (primary N) is 1. The Balaban J connectivity index is 1.42. The summed E-state index contributed by atoms with van der Waals surface area (Å²) in [5.74, 6) is -4.72. The predicted molar refractivity (Wildman–Crippen MR) is 124 cm³/mol. The van der Waals surface area contributed by atoms with Gasteiger partial charge in [0.25, 0.3) is 11.8 Å². The summed E-state index contributed by atoms with van der Waals surface area (Å²) in [6.07, 6.45) is -0.368. The third kappa shape index (κ3) is 5.47. The number of hydrogen-bond donors (Lipinski definition) is 2. The molecule has 37 heavy (non-hydrogen) atoms. The Kier molecular flexibility index (Phi) is 7.28. The number of halogens is 5. The van der Waals surface area contributed by atoms with Crippen molar-refractivity contribution in [3.8, 4) is 0 Å². The van der Waals surface area contributed by atoms with E-state index in [1.165, 1.54) is 28.3 Å². The standard InChI is InChI=1S/C25H24F5N5O2/c26-19-2-1-16(11-18(21(19)27)25(28,29)30)14-5-9-34(10-6-14)24(37)22(32)17-12-35(13-20(17)31)23(36)15-3-7-33-8-4-15/h1-4,7-8,14,31H,5-6,9-13,32H2. The van der Waals surface area contributed by atoms with Gasteiger partial charge in [-0.05, 0) is 37.0 Å². The van der Waals surface area contributed by atoms with Crippen LogP contribution in [0.4, 0.5) is 22.0 Å². The number of amides is 2. The first kappa shape index (κ1) is 26.2. The number of pyridine rings is 1. The van der Waals surface area contributed by atoms with Crippen molar-refractivity contribution in [3.05, 3.63) is 76.3 Å². The fourth-order valence-corrected chi connectivity index (χ4v) is 4.69. The predicted octanol–water partition coefficient (Wildman–Crippen LogP) is 3.98. The second-order valence-corrected chi connectivity index (χ2v) is 9.06. The van der Waals surface area contributed by atoms with Crippen LogP contribution in [-0.4, -0.2) is 64.7 Å². The number of nitrogens with one attached hydrogen (secondary N) is 1. The molecule has 0 aromatic carbocycles. The molecule has 0 radical (unpaired) electrons. The van der Waals surface area contributed by atoms with Crippen molar-refractivity contribution in [2.24, 2.45) is 11.7 Å². The van der Waals surface area contributed by atoms with E-state index in [1.807, 2.05) is 0 Å². The van der Waals surface area contributed by atoms with Gasteiger partial charge in [0.05, 0.1) is 24.4 Å². The Morgan fingerprint density at radius 1 is 1.03 bits per heavy atom. The number of alkyl halides is 3. The van der Waals surface area contributed by atoms with Crippen molar-refractivity contribution >= 4 is 17.5 Å². The van der Waals surface area contributed by atoms with Crippen molar-refractivity contribution in [1.82, 2.24) is 14.8 Å². The summed E-state index contributed by atoms with van der Waals surface area (Å²) in [4.78, 5) is 32.4. The summed E-state index contributed by atoms with van der Waals surface area (Å²) < 4.78 is 67.4. The third-order valence-corrected chi connectivity index (χ3v) is 6.78. The molecule has 0 spiro atoms. The van der Waals surface area contributed by atoms with Gasteiger partial charge in [-0.1, -0.05) is 11.6 Å². The molecule has 1 aromatic rings. The zero-order valence-corrected chi connectivity index (χ0v) is 19.6. The fraction of sp³-hybridized carbons (Fsp3) is 0.360. The van der Waals surface area contributed by atoms with E-state index >= 15 is 0 Å². The van der Waals surface area contributed by atoms with E-state index in [9.17, 15) is 31.5 Å². The maximum absolute atomic E-state index is 13.9. The topological polar surface area (TPSA) is 103 Å². The highest BCUT2D eigenvalue weighted by Gasteiger charge is 2.40. The summed E-state index contributed by atoms with van der Waals surface area (Å²) in [6, 6.07) is 3.09. The van der Waals surface area contributed by atoms with Crippen LogP contribution in [0.1, 0.15) is 29.6 Å². The molecule has 2 fully saturated rings. The minimum Gasteiger partial charge on any atom is -0.394 e. The van der Waals surface area contributed by atoms with Crippen LogP contribution < -0.4 is 5.73 Å². The molecular weight excluding hydrogens is 497 g/mol. The van der Waals surface area contributed by atoms with E-state index in [-0.39, 0.29) is 67.5 Å². The quantitative estimate of drug-likeness (QED) is 0.464. The first-order valence-electron chi connectivity index (χ1n) is 11.5. The molecule has 1 aromatic heterocycles. The van der Waals surface area contributed by atoms with Gasteiger partial charge in [-0.25, -0.2) is 8.78 Å². The molecule has 4 rings (SSSR count). The Hall–Kier alpha value is -3.83. The lowest BCUT2D eigenvalue weighted by atomic mass is 9.85. The molecule has 0 saturated carbocycles. The number of hydrogen-bond acceptors (Lipinski definition) is 5. The second kappa shape index (κ2) is 10.3. The van der Waals surface area contributed by atoms with Crippen molar-refractivity contribution in [1.29, 1.82) is 5.41 Å². The fourth-order valence-electron chi connectivity index (χ4n) is 4.69. The molecule has 3 N–H and O–H groups in total. The van der Waals surface area contributed by atoms with Crippen molar-refractivity contribution in [2.45, 2.75) is 25.4 Å². The molecule has 0 atom stereocenters. The smallest absolute Gasteiger partial charge is 0.394 e. The summed E-state index contributed by atoms with van der Waals surface area (Å²) in [7, 11) is 0. The Labute approximate surface area is 209 Å².